The zero-order valence-electron chi connectivity index (χ0n) is 15.3. The van der Waals surface area contributed by atoms with Gasteiger partial charge < -0.3 is 18.9 Å². The van der Waals surface area contributed by atoms with Crippen LogP contribution < -0.4 is 23.8 Å². The van der Waals surface area contributed by atoms with Gasteiger partial charge in [-0.1, -0.05) is 30.0 Å². The molecule has 2 aliphatic heterocycles. The molecule has 1 amide bonds. The van der Waals surface area contributed by atoms with E-state index in [9.17, 15) is 4.79 Å². The molecule has 0 N–H and O–H groups in total. The van der Waals surface area contributed by atoms with Gasteiger partial charge in [0.15, 0.2) is 27.3 Å². The van der Waals surface area contributed by atoms with E-state index in [1.165, 1.54) is 16.7 Å². The molecule has 2 aliphatic rings. The highest BCUT2D eigenvalue weighted by Crippen LogP contribution is 2.41. The van der Waals surface area contributed by atoms with Crippen LogP contribution in [0, 0.1) is 0 Å². The zero-order valence-corrected chi connectivity index (χ0v) is 16.9. The Balaban J connectivity index is 1.62. The lowest BCUT2D eigenvalue weighted by atomic mass is 10.1. The molecule has 4 rings (SSSR count). The van der Waals surface area contributed by atoms with Crippen LogP contribution in [0.15, 0.2) is 41.3 Å². The van der Waals surface area contributed by atoms with Gasteiger partial charge in [-0.15, -0.1) is 0 Å². The topological polar surface area (TPSA) is 57.2 Å². The summed E-state index contributed by atoms with van der Waals surface area (Å²) in [7, 11) is 1.58. The molecular weight excluding hydrogens is 398 g/mol. The third-order valence-corrected chi connectivity index (χ3v) is 5.50. The molecule has 1 fully saturated rings. The Bertz CT molecular complexity index is 989. The van der Waals surface area contributed by atoms with E-state index in [0.29, 0.717) is 44.5 Å². The van der Waals surface area contributed by atoms with Crippen molar-refractivity contribution in [3.63, 3.8) is 0 Å². The van der Waals surface area contributed by atoms with Crippen molar-refractivity contribution in [1.29, 1.82) is 0 Å². The smallest absolute Gasteiger partial charge is 0.270 e. The van der Waals surface area contributed by atoms with Crippen molar-refractivity contribution in [2.75, 3.05) is 25.4 Å². The fourth-order valence-corrected chi connectivity index (χ4v) is 4.21. The first-order chi connectivity index (χ1) is 13.6. The molecule has 0 bridgehead atoms. The van der Waals surface area contributed by atoms with Gasteiger partial charge in [-0.2, -0.15) is 0 Å². The summed E-state index contributed by atoms with van der Waals surface area (Å²) >= 11 is 6.69. The van der Waals surface area contributed by atoms with Gasteiger partial charge in [0.25, 0.3) is 5.91 Å². The van der Waals surface area contributed by atoms with Crippen molar-refractivity contribution in [3.05, 3.63) is 46.9 Å². The van der Waals surface area contributed by atoms with Crippen molar-refractivity contribution >= 4 is 46.0 Å². The second-order valence-corrected chi connectivity index (χ2v) is 7.57. The molecule has 0 unspecified atom stereocenters. The number of carbonyl (C=O) groups is 1. The zero-order chi connectivity index (χ0) is 19.7. The van der Waals surface area contributed by atoms with Gasteiger partial charge in [0.1, 0.15) is 0 Å². The first-order valence-electron chi connectivity index (χ1n) is 8.59. The van der Waals surface area contributed by atoms with Crippen LogP contribution in [0.5, 0.6) is 23.0 Å². The molecule has 0 saturated carbocycles. The van der Waals surface area contributed by atoms with E-state index in [1.54, 1.807) is 31.4 Å². The van der Waals surface area contributed by atoms with E-state index in [0.717, 1.165) is 5.56 Å². The Morgan fingerprint density at radius 2 is 2.00 bits per heavy atom. The number of benzene rings is 2. The molecule has 1 saturated heterocycles. The van der Waals surface area contributed by atoms with E-state index in [-0.39, 0.29) is 12.7 Å². The summed E-state index contributed by atoms with van der Waals surface area (Å²) in [5.41, 5.74) is 1.48. The molecule has 0 radical (unpaired) electrons. The van der Waals surface area contributed by atoms with Gasteiger partial charge in [0.2, 0.25) is 6.79 Å². The lowest BCUT2D eigenvalue weighted by Gasteiger charge is -2.14. The Morgan fingerprint density at radius 3 is 2.79 bits per heavy atom. The molecule has 0 aliphatic carbocycles. The van der Waals surface area contributed by atoms with Crippen molar-refractivity contribution in [2.45, 2.75) is 6.92 Å². The second-order valence-electron chi connectivity index (χ2n) is 5.90. The number of anilines is 1. The van der Waals surface area contributed by atoms with Gasteiger partial charge in [0.05, 0.1) is 24.3 Å². The summed E-state index contributed by atoms with van der Waals surface area (Å²) in [4.78, 5) is 15.0. The summed E-state index contributed by atoms with van der Waals surface area (Å²) in [5, 5.41) is 0. The van der Waals surface area contributed by atoms with Crippen LogP contribution >= 0.6 is 24.0 Å². The average molecular weight is 415 g/mol. The SMILES string of the molecule is CCOc1ccc(/C=C2\SC(=S)N(c3ccc4c(c3)OCO4)C2=O)cc1OC. The maximum atomic E-state index is 13.0. The molecule has 2 heterocycles. The predicted octanol–water partition coefficient (Wildman–Crippen LogP) is 4.23. The number of ether oxygens (including phenoxy) is 4. The van der Waals surface area contributed by atoms with Crippen LogP contribution in [0.4, 0.5) is 5.69 Å². The highest BCUT2D eigenvalue weighted by atomic mass is 32.2. The Kier molecular flexibility index (Phi) is 5.15. The molecular formula is C20H17NO5S2. The summed E-state index contributed by atoms with van der Waals surface area (Å²) in [6.45, 7) is 2.63. The lowest BCUT2D eigenvalue weighted by Crippen LogP contribution is -2.27. The van der Waals surface area contributed by atoms with Crippen LogP contribution in [-0.2, 0) is 4.79 Å². The number of hydrogen-bond donors (Lipinski definition) is 0. The highest BCUT2D eigenvalue weighted by Gasteiger charge is 2.34. The van der Waals surface area contributed by atoms with Crippen LogP contribution in [0.3, 0.4) is 0 Å². The minimum absolute atomic E-state index is 0.177. The largest absolute Gasteiger partial charge is 0.493 e. The molecule has 0 atom stereocenters. The molecule has 2 aromatic carbocycles. The summed E-state index contributed by atoms with van der Waals surface area (Å²) in [6, 6.07) is 10.9. The summed E-state index contributed by atoms with van der Waals surface area (Å²) < 4.78 is 22.1. The van der Waals surface area contributed by atoms with Gasteiger partial charge in [0, 0.05) is 6.07 Å². The van der Waals surface area contributed by atoms with Crippen molar-refractivity contribution in [3.8, 4) is 23.0 Å². The number of amides is 1. The molecule has 2 aromatic rings. The standard InChI is InChI=1S/C20H17NO5S2/c1-3-24-14-6-4-12(8-16(14)23-2)9-18-19(22)21(20(27)28-18)13-5-7-15-17(10-13)26-11-25-15/h4-10H,3,11H2,1-2H3/b18-9-. The first kappa shape index (κ1) is 18.6. The molecule has 0 spiro atoms. The van der Waals surface area contributed by atoms with Gasteiger partial charge in [-0.3, -0.25) is 9.69 Å². The predicted molar refractivity (Wildman–Crippen MR) is 112 cm³/mol. The lowest BCUT2D eigenvalue weighted by molar-refractivity contribution is -0.113. The number of hydrogen-bond acceptors (Lipinski definition) is 7. The quantitative estimate of drug-likeness (QED) is 0.535. The summed E-state index contributed by atoms with van der Waals surface area (Å²) in [6.07, 6.45) is 1.80. The fraction of sp³-hybridized carbons (Fsp3) is 0.200. The van der Waals surface area contributed by atoms with Crippen LogP contribution in [-0.4, -0.2) is 30.7 Å². The number of rotatable bonds is 5. The Labute approximate surface area is 172 Å². The molecule has 28 heavy (non-hydrogen) atoms. The number of methoxy groups -OCH3 is 1. The van der Waals surface area contributed by atoms with Crippen molar-refractivity contribution in [2.24, 2.45) is 0 Å². The Hall–Kier alpha value is -2.71. The maximum Gasteiger partial charge on any atom is 0.270 e. The Morgan fingerprint density at radius 1 is 1.18 bits per heavy atom. The minimum atomic E-state index is -0.179. The number of thiocarbonyl (C=S) groups is 1. The maximum absolute atomic E-state index is 13.0. The third-order valence-electron chi connectivity index (χ3n) is 4.19. The average Bonchev–Trinajstić information content (AvgIpc) is 3.26. The fourth-order valence-electron chi connectivity index (χ4n) is 2.91. The van der Waals surface area contributed by atoms with E-state index < -0.39 is 0 Å². The van der Waals surface area contributed by atoms with Crippen LogP contribution in [0.2, 0.25) is 0 Å². The van der Waals surface area contributed by atoms with Crippen molar-refractivity contribution in [1.82, 2.24) is 0 Å². The van der Waals surface area contributed by atoms with E-state index in [4.69, 9.17) is 31.2 Å². The number of fused-ring (bicyclic) bond motifs is 1. The van der Waals surface area contributed by atoms with Gasteiger partial charge >= 0.3 is 0 Å². The van der Waals surface area contributed by atoms with Crippen LogP contribution in [0.25, 0.3) is 6.08 Å². The molecule has 0 aromatic heterocycles. The number of nitrogens with zero attached hydrogens (tertiary/aromatic N) is 1. The van der Waals surface area contributed by atoms with E-state index in [1.807, 2.05) is 25.1 Å². The monoisotopic (exact) mass is 415 g/mol. The minimum Gasteiger partial charge on any atom is -0.493 e. The normalized spacial score (nSPS) is 16.8. The second kappa shape index (κ2) is 7.73. The molecule has 144 valence electrons. The van der Waals surface area contributed by atoms with Gasteiger partial charge in [-0.25, -0.2) is 0 Å². The van der Waals surface area contributed by atoms with Gasteiger partial charge in [-0.05, 0) is 42.8 Å². The number of carbonyl (C=O) groups excluding carboxylic acids is 1. The van der Waals surface area contributed by atoms with Crippen LogP contribution in [0.1, 0.15) is 12.5 Å². The van der Waals surface area contributed by atoms with E-state index in [2.05, 4.69) is 0 Å². The number of thioether (sulfide) groups is 1. The molecule has 6 nitrogen and oxygen atoms in total. The first-order valence-corrected chi connectivity index (χ1v) is 9.81. The molecule has 8 heteroatoms. The third kappa shape index (κ3) is 3.41. The summed E-state index contributed by atoms with van der Waals surface area (Å²) in [5.74, 6) is 2.36. The highest BCUT2D eigenvalue weighted by molar-refractivity contribution is 8.27. The van der Waals surface area contributed by atoms with E-state index >= 15 is 0 Å². The van der Waals surface area contributed by atoms with Crippen molar-refractivity contribution < 1.29 is 23.7 Å².